The molecule has 1 aromatic carbocycles. The molecule has 3 aromatic rings. The quantitative estimate of drug-likeness (QED) is 0.691. The van der Waals surface area contributed by atoms with Crippen molar-refractivity contribution >= 4 is 40.1 Å². The summed E-state index contributed by atoms with van der Waals surface area (Å²) in [6.45, 7) is -0.122. The predicted molar refractivity (Wildman–Crippen MR) is 91.3 cm³/mol. The van der Waals surface area contributed by atoms with Gasteiger partial charge in [-0.25, -0.2) is 14.5 Å². The number of hydrogen-bond acceptors (Lipinski definition) is 6. The van der Waals surface area contributed by atoms with Gasteiger partial charge in [-0.2, -0.15) is 5.10 Å². The summed E-state index contributed by atoms with van der Waals surface area (Å²) in [6, 6.07) is 4.38. The molecule has 25 heavy (non-hydrogen) atoms. The molecule has 1 N–H and O–H groups in total. The molecule has 10 heteroatoms. The molecule has 0 amide bonds. The lowest BCUT2D eigenvalue weighted by molar-refractivity contribution is 0.0601. The van der Waals surface area contributed by atoms with Gasteiger partial charge in [0.1, 0.15) is 17.4 Å². The zero-order valence-electron chi connectivity index (χ0n) is 12.7. The Labute approximate surface area is 150 Å². The Bertz CT molecular complexity index is 1110. The van der Waals surface area contributed by atoms with Crippen LogP contribution in [0.25, 0.3) is 10.9 Å². The van der Waals surface area contributed by atoms with Gasteiger partial charge in [0.05, 0.1) is 34.8 Å². The molecule has 0 aliphatic rings. The monoisotopic (exact) mass is 380 g/mol. The third kappa shape index (κ3) is 3.26. The second kappa shape index (κ2) is 6.66. The molecule has 3 rings (SSSR count). The van der Waals surface area contributed by atoms with Crippen LogP contribution < -0.4 is 11.1 Å². The number of carbonyl (C=O) groups is 1. The summed E-state index contributed by atoms with van der Waals surface area (Å²) >= 11 is 11.5. The van der Waals surface area contributed by atoms with E-state index in [4.69, 9.17) is 23.2 Å². The summed E-state index contributed by atoms with van der Waals surface area (Å²) in [5, 5.41) is 4.01. The normalized spacial score (nSPS) is 10.8. The van der Waals surface area contributed by atoms with E-state index < -0.39 is 17.1 Å². The van der Waals surface area contributed by atoms with Crippen LogP contribution in [0.2, 0.25) is 10.0 Å². The molecule has 0 unspecified atom stereocenters. The molecule has 0 bridgehead atoms. The van der Waals surface area contributed by atoms with Crippen molar-refractivity contribution in [3.05, 3.63) is 66.5 Å². The number of methoxy groups -OCH3 is 1. The Kier molecular flexibility index (Phi) is 4.56. The third-order valence-electron chi connectivity index (χ3n) is 3.42. The minimum Gasteiger partial charge on any atom is -0.465 e. The number of aromatic amines is 1. The lowest BCUT2D eigenvalue weighted by Crippen LogP contribution is -2.26. The van der Waals surface area contributed by atoms with Gasteiger partial charge < -0.3 is 9.72 Å². The summed E-state index contributed by atoms with van der Waals surface area (Å²) < 4.78 is 5.66. The summed E-state index contributed by atoms with van der Waals surface area (Å²) in [5.74, 6) is -0.375. The number of benzene rings is 1. The van der Waals surface area contributed by atoms with E-state index in [1.807, 2.05) is 0 Å². The van der Waals surface area contributed by atoms with Crippen LogP contribution in [-0.4, -0.2) is 32.8 Å². The van der Waals surface area contributed by atoms with Crippen molar-refractivity contribution in [3.63, 3.8) is 0 Å². The zero-order valence-corrected chi connectivity index (χ0v) is 14.3. The smallest absolute Gasteiger partial charge is 0.337 e. The first kappa shape index (κ1) is 17.1. The summed E-state index contributed by atoms with van der Waals surface area (Å²) in [4.78, 5) is 42.6. The molecule has 8 nitrogen and oxygen atoms in total. The Morgan fingerprint density at radius 3 is 2.80 bits per heavy atom. The number of nitrogens with zero attached hydrogens (tertiary/aromatic N) is 3. The SMILES string of the molecule is COC(=O)c1ccc2c(=O)[nH]c(Cn3ncc(Cl)c(Cl)c3=O)nc2c1. The van der Waals surface area contributed by atoms with E-state index in [1.165, 1.54) is 31.5 Å². The van der Waals surface area contributed by atoms with Gasteiger partial charge in [0.25, 0.3) is 11.1 Å². The van der Waals surface area contributed by atoms with Crippen LogP contribution in [-0.2, 0) is 11.3 Å². The fourth-order valence-electron chi connectivity index (χ4n) is 2.21. The molecule has 0 aliphatic heterocycles. The molecule has 0 spiro atoms. The highest BCUT2D eigenvalue weighted by atomic mass is 35.5. The molecule has 0 saturated heterocycles. The second-order valence-corrected chi connectivity index (χ2v) is 5.79. The molecule has 0 saturated carbocycles. The van der Waals surface area contributed by atoms with Crippen molar-refractivity contribution in [2.75, 3.05) is 7.11 Å². The number of esters is 1. The van der Waals surface area contributed by atoms with Crippen LogP contribution in [0.15, 0.2) is 34.0 Å². The van der Waals surface area contributed by atoms with Crippen LogP contribution in [0.3, 0.4) is 0 Å². The number of hydrogen-bond donors (Lipinski definition) is 1. The highest BCUT2D eigenvalue weighted by molar-refractivity contribution is 6.41. The van der Waals surface area contributed by atoms with E-state index in [9.17, 15) is 14.4 Å². The van der Waals surface area contributed by atoms with Gasteiger partial charge in [0.15, 0.2) is 0 Å². The summed E-state index contributed by atoms with van der Waals surface area (Å²) in [5.41, 5.74) is -0.483. The average molecular weight is 381 g/mol. The maximum atomic E-state index is 12.2. The van der Waals surface area contributed by atoms with E-state index in [1.54, 1.807) is 0 Å². The van der Waals surface area contributed by atoms with Gasteiger partial charge in [0, 0.05) is 0 Å². The lowest BCUT2D eigenvalue weighted by Gasteiger charge is -2.07. The third-order valence-corrected chi connectivity index (χ3v) is 4.17. The first-order chi connectivity index (χ1) is 11.9. The number of nitrogens with one attached hydrogen (secondary N) is 1. The number of fused-ring (bicyclic) bond motifs is 1. The molecule has 2 aromatic heterocycles. The molecular weight excluding hydrogens is 371 g/mol. The van der Waals surface area contributed by atoms with E-state index in [0.717, 1.165) is 4.68 Å². The molecule has 0 fully saturated rings. The maximum absolute atomic E-state index is 12.2. The van der Waals surface area contributed by atoms with Gasteiger partial charge in [-0.05, 0) is 18.2 Å². The van der Waals surface area contributed by atoms with Gasteiger partial charge in [-0.1, -0.05) is 23.2 Å². The molecule has 0 atom stereocenters. The van der Waals surface area contributed by atoms with Crippen molar-refractivity contribution in [3.8, 4) is 0 Å². The Morgan fingerprint density at radius 1 is 1.32 bits per heavy atom. The van der Waals surface area contributed by atoms with Crippen LogP contribution in [0.1, 0.15) is 16.2 Å². The molecular formula is C15H10Cl2N4O4. The second-order valence-electron chi connectivity index (χ2n) is 5.01. The molecule has 2 heterocycles. The standard InChI is InChI=1S/C15H10Cl2N4O4/c1-25-15(24)7-2-3-8-10(4-7)19-11(20-13(8)22)6-21-14(23)12(17)9(16)5-18-21/h2-5H,6H2,1H3,(H,19,20,22). The number of H-pyrrole nitrogens is 1. The average Bonchev–Trinajstić information content (AvgIpc) is 2.61. The largest absolute Gasteiger partial charge is 0.465 e. The highest BCUT2D eigenvalue weighted by Gasteiger charge is 2.12. The van der Waals surface area contributed by atoms with E-state index in [-0.39, 0.29) is 33.5 Å². The van der Waals surface area contributed by atoms with Crippen molar-refractivity contribution in [1.82, 2.24) is 19.7 Å². The number of carbonyl (C=O) groups excluding carboxylic acids is 1. The number of aromatic nitrogens is 4. The highest BCUT2D eigenvalue weighted by Crippen LogP contribution is 2.15. The topological polar surface area (TPSA) is 107 Å². The first-order valence-corrected chi connectivity index (χ1v) is 7.68. The number of ether oxygens (including phenoxy) is 1. The van der Waals surface area contributed by atoms with Gasteiger partial charge >= 0.3 is 5.97 Å². The van der Waals surface area contributed by atoms with Gasteiger partial charge in [-0.15, -0.1) is 0 Å². The van der Waals surface area contributed by atoms with Crippen molar-refractivity contribution in [2.45, 2.75) is 6.54 Å². The molecule has 0 aliphatic carbocycles. The minimum atomic E-state index is -0.611. The number of halogens is 2. The van der Waals surface area contributed by atoms with E-state index in [0.29, 0.717) is 5.39 Å². The number of rotatable bonds is 3. The summed E-state index contributed by atoms with van der Waals surface area (Å²) in [7, 11) is 1.26. The van der Waals surface area contributed by atoms with Crippen molar-refractivity contribution in [1.29, 1.82) is 0 Å². The van der Waals surface area contributed by atoms with Crippen LogP contribution >= 0.6 is 23.2 Å². The lowest BCUT2D eigenvalue weighted by atomic mass is 10.1. The Balaban J connectivity index is 2.08. The van der Waals surface area contributed by atoms with Crippen LogP contribution in [0.4, 0.5) is 0 Å². The summed E-state index contributed by atoms with van der Waals surface area (Å²) in [6.07, 6.45) is 1.22. The molecule has 128 valence electrons. The Hall–Kier alpha value is -2.71. The fraction of sp³-hybridized carbons (Fsp3) is 0.133. The minimum absolute atomic E-state index is 0.0330. The predicted octanol–water partition coefficient (Wildman–Crippen LogP) is 1.62. The first-order valence-electron chi connectivity index (χ1n) is 6.93. The maximum Gasteiger partial charge on any atom is 0.337 e. The van der Waals surface area contributed by atoms with Gasteiger partial charge in [0.2, 0.25) is 0 Å². The molecule has 0 radical (unpaired) electrons. The van der Waals surface area contributed by atoms with Crippen LogP contribution in [0, 0.1) is 0 Å². The van der Waals surface area contributed by atoms with Crippen molar-refractivity contribution < 1.29 is 9.53 Å². The zero-order chi connectivity index (χ0) is 18.1. The van der Waals surface area contributed by atoms with E-state index in [2.05, 4.69) is 19.8 Å². The van der Waals surface area contributed by atoms with Gasteiger partial charge in [-0.3, -0.25) is 9.59 Å². The van der Waals surface area contributed by atoms with E-state index >= 15 is 0 Å². The van der Waals surface area contributed by atoms with Crippen molar-refractivity contribution in [2.24, 2.45) is 0 Å². The Morgan fingerprint density at radius 2 is 2.08 bits per heavy atom. The fourth-order valence-corrected chi connectivity index (χ4v) is 2.48. The van der Waals surface area contributed by atoms with Crippen LogP contribution in [0.5, 0.6) is 0 Å².